The van der Waals surface area contributed by atoms with Crippen LogP contribution in [-0.2, 0) is 0 Å². The fourth-order valence-corrected chi connectivity index (χ4v) is 1.91. The van der Waals surface area contributed by atoms with Gasteiger partial charge >= 0.3 is 5.69 Å². The number of aryl methyl sites for hydroxylation is 1. The minimum atomic E-state index is -0.515. The molecule has 0 aliphatic carbocycles. The minimum Gasteiger partial charge on any atom is -0.461 e. The van der Waals surface area contributed by atoms with Crippen LogP contribution in [0.15, 0.2) is 21.2 Å². The zero-order valence-corrected chi connectivity index (χ0v) is 11.2. The van der Waals surface area contributed by atoms with Crippen molar-refractivity contribution in [1.29, 1.82) is 0 Å². The molecule has 0 saturated carbocycles. The van der Waals surface area contributed by atoms with E-state index in [1.807, 2.05) is 0 Å². The lowest BCUT2D eigenvalue weighted by Gasteiger charge is -2.05. The Labute approximate surface area is 111 Å². The largest absolute Gasteiger partial charge is 0.461 e. The van der Waals surface area contributed by atoms with Crippen LogP contribution in [0.5, 0.6) is 0 Å². The average Bonchev–Trinajstić information content (AvgIpc) is 2.73. The summed E-state index contributed by atoms with van der Waals surface area (Å²) in [6.45, 7) is 1.56. The molecule has 0 saturated heterocycles. The predicted molar refractivity (Wildman–Crippen MR) is 68.4 cm³/mol. The summed E-state index contributed by atoms with van der Waals surface area (Å²) in [5.74, 6) is 0.611. The van der Waals surface area contributed by atoms with Crippen LogP contribution in [0.3, 0.4) is 0 Å². The van der Waals surface area contributed by atoms with E-state index in [1.54, 1.807) is 20.0 Å². The first-order valence-corrected chi connectivity index (χ1v) is 5.78. The molecule has 2 rings (SSSR count). The molecule has 2 heterocycles. The van der Waals surface area contributed by atoms with Gasteiger partial charge in [-0.15, -0.1) is 0 Å². The number of rotatable bonds is 3. The van der Waals surface area contributed by atoms with Crippen LogP contribution in [0, 0.1) is 17.0 Å². The van der Waals surface area contributed by atoms with Gasteiger partial charge in [0.2, 0.25) is 5.95 Å². The van der Waals surface area contributed by atoms with E-state index in [2.05, 4.69) is 31.2 Å². The molecule has 0 spiro atoms. The molecule has 1 N–H and O–H groups in total. The molecule has 0 atom stereocenters. The van der Waals surface area contributed by atoms with Crippen molar-refractivity contribution in [3.8, 4) is 11.5 Å². The minimum absolute atomic E-state index is 0.147. The Bertz CT molecular complexity index is 611. The van der Waals surface area contributed by atoms with Crippen LogP contribution >= 0.6 is 15.9 Å². The van der Waals surface area contributed by atoms with Gasteiger partial charge in [0, 0.05) is 7.05 Å². The standard InChI is InChI=1S/C10H9BrN4O3/c1-5-8(15(16)17)7(14-10(12-2)13-5)9-6(11)3-4-18-9/h3-4H,1-2H3,(H,12,13,14). The summed E-state index contributed by atoms with van der Waals surface area (Å²) in [6.07, 6.45) is 1.43. The van der Waals surface area contributed by atoms with E-state index >= 15 is 0 Å². The summed E-state index contributed by atoms with van der Waals surface area (Å²) in [4.78, 5) is 18.7. The van der Waals surface area contributed by atoms with Gasteiger partial charge in [-0.2, -0.15) is 0 Å². The SMILES string of the molecule is CNc1nc(C)c([N+](=O)[O-])c(-c2occc2Br)n1. The maximum absolute atomic E-state index is 11.1. The Kier molecular flexibility index (Phi) is 3.28. The van der Waals surface area contributed by atoms with Gasteiger partial charge in [-0.1, -0.05) is 0 Å². The molecule has 0 fully saturated rings. The normalized spacial score (nSPS) is 10.4. The molecule has 0 radical (unpaired) electrons. The highest BCUT2D eigenvalue weighted by molar-refractivity contribution is 9.10. The third kappa shape index (κ3) is 2.06. The van der Waals surface area contributed by atoms with Crippen LogP contribution in [0.2, 0.25) is 0 Å². The highest BCUT2D eigenvalue weighted by atomic mass is 79.9. The number of nitrogens with zero attached hydrogens (tertiary/aromatic N) is 3. The van der Waals surface area contributed by atoms with Crippen molar-refractivity contribution in [2.24, 2.45) is 0 Å². The number of hydrogen-bond acceptors (Lipinski definition) is 6. The Hall–Kier alpha value is -1.96. The quantitative estimate of drug-likeness (QED) is 0.691. The molecule has 0 bridgehead atoms. The number of furan rings is 1. The molecule has 94 valence electrons. The number of anilines is 1. The van der Waals surface area contributed by atoms with Gasteiger partial charge in [-0.25, -0.2) is 9.97 Å². The Balaban J connectivity index is 2.74. The smallest absolute Gasteiger partial charge is 0.319 e. The molecule has 0 aliphatic rings. The van der Waals surface area contributed by atoms with E-state index in [0.717, 1.165) is 0 Å². The summed E-state index contributed by atoms with van der Waals surface area (Å²) < 4.78 is 5.83. The maximum atomic E-state index is 11.1. The van der Waals surface area contributed by atoms with E-state index in [9.17, 15) is 10.1 Å². The van der Waals surface area contributed by atoms with Crippen LogP contribution in [0.25, 0.3) is 11.5 Å². The summed E-state index contributed by atoms with van der Waals surface area (Å²) >= 11 is 3.26. The topological polar surface area (TPSA) is 94.1 Å². The first-order chi connectivity index (χ1) is 8.54. The third-order valence-corrected chi connectivity index (χ3v) is 2.92. The Morgan fingerprint density at radius 1 is 1.50 bits per heavy atom. The van der Waals surface area contributed by atoms with Gasteiger partial charge in [0.25, 0.3) is 0 Å². The molecule has 0 aromatic carbocycles. The van der Waals surface area contributed by atoms with Crippen molar-refractivity contribution in [1.82, 2.24) is 9.97 Å². The average molecular weight is 313 g/mol. The van der Waals surface area contributed by atoms with Gasteiger partial charge in [0.15, 0.2) is 11.5 Å². The predicted octanol–water partition coefficient (Wildman–Crippen LogP) is 2.76. The van der Waals surface area contributed by atoms with Gasteiger partial charge < -0.3 is 9.73 Å². The number of hydrogen-bond donors (Lipinski definition) is 1. The van der Waals surface area contributed by atoms with Crippen molar-refractivity contribution in [2.45, 2.75) is 6.92 Å². The van der Waals surface area contributed by atoms with Gasteiger partial charge in [-0.3, -0.25) is 10.1 Å². The van der Waals surface area contributed by atoms with Gasteiger partial charge in [0.1, 0.15) is 5.69 Å². The van der Waals surface area contributed by atoms with Crippen LogP contribution < -0.4 is 5.32 Å². The second kappa shape index (κ2) is 4.73. The van der Waals surface area contributed by atoms with Crippen LogP contribution in [-0.4, -0.2) is 21.9 Å². The summed E-state index contributed by atoms with van der Waals surface area (Å²) in [6, 6.07) is 1.65. The van der Waals surface area contributed by atoms with Crippen LogP contribution in [0.1, 0.15) is 5.69 Å². The van der Waals surface area contributed by atoms with Gasteiger partial charge in [-0.05, 0) is 28.9 Å². The molecule has 2 aromatic heterocycles. The number of nitrogens with one attached hydrogen (secondary N) is 1. The van der Waals surface area contributed by atoms with Crippen molar-refractivity contribution in [3.05, 3.63) is 32.6 Å². The molecule has 0 amide bonds. The summed E-state index contributed by atoms with van der Waals surface area (Å²) in [5.41, 5.74) is 0.260. The maximum Gasteiger partial charge on any atom is 0.319 e. The second-order valence-corrected chi connectivity index (χ2v) is 4.29. The van der Waals surface area contributed by atoms with Crippen molar-refractivity contribution in [3.63, 3.8) is 0 Å². The number of halogens is 1. The number of aromatic nitrogens is 2. The fraction of sp³-hybridized carbons (Fsp3) is 0.200. The molecule has 8 heteroatoms. The lowest BCUT2D eigenvalue weighted by atomic mass is 10.2. The first kappa shape index (κ1) is 12.5. The zero-order chi connectivity index (χ0) is 13.3. The van der Waals surface area contributed by atoms with E-state index in [4.69, 9.17) is 4.42 Å². The molecule has 7 nitrogen and oxygen atoms in total. The lowest BCUT2D eigenvalue weighted by molar-refractivity contribution is -0.385. The summed E-state index contributed by atoms with van der Waals surface area (Å²) in [7, 11) is 1.64. The molecular weight excluding hydrogens is 304 g/mol. The highest BCUT2D eigenvalue weighted by Crippen LogP contribution is 2.35. The van der Waals surface area contributed by atoms with E-state index in [0.29, 0.717) is 16.2 Å². The molecule has 0 unspecified atom stereocenters. The number of nitro groups is 1. The molecule has 18 heavy (non-hydrogen) atoms. The molecule has 0 aliphatic heterocycles. The zero-order valence-electron chi connectivity index (χ0n) is 9.60. The monoisotopic (exact) mass is 312 g/mol. The van der Waals surface area contributed by atoms with Crippen molar-refractivity contribution >= 4 is 27.6 Å². The second-order valence-electron chi connectivity index (χ2n) is 3.43. The Morgan fingerprint density at radius 2 is 2.22 bits per heavy atom. The van der Waals surface area contributed by atoms with Gasteiger partial charge in [0.05, 0.1) is 15.7 Å². The summed E-state index contributed by atoms with van der Waals surface area (Å²) in [5, 5.41) is 13.9. The molecular formula is C10H9BrN4O3. The van der Waals surface area contributed by atoms with E-state index < -0.39 is 4.92 Å². The highest BCUT2D eigenvalue weighted by Gasteiger charge is 2.26. The van der Waals surface area contributed by atoms with E-state index in [-0.39, 0.29) is 17.1 Å². The Morgan fingerprint density at radius 3 is 2.72 bits per heavy atom. The molecule has 2 aromatic rings. The van der Waals surface area contributed by atoms with Crippen molar-refractivity contribution < 1.29 is 9.34 Å². The lowest BCUT2D eigenvalue weighted by Crippen LogP contribution is -2.04. The fourth-order valence-electron chi connectivity index (χ4n) is 1.52. The van der Waals surface area contributed by atoms with Crippen molar-refractivity contribution in [2.75, 3.05) is 12.4 Å². The van der Waals surface area contributed by atoms with Crippen LogP contribution in [0.4, 0.5) is 11.6 Å². The third-order valence-electron chi connectivity index (χ3n) is 2.30. The first-order valence-electron chi connectivity index (χ1n) is 4.98. The van der Waals surface area contributed by atoms with E-state index in [1.165, 1.54) is 6.26 Å².